The molecule has 0 bridgehead atoms. The number of methoxy groups -OCH3 is 1. The van der Waals surface area contributed by atoms with Crippen molar-refractivity contribution in [1.82, 2.24) is 0 Å². The highest BCUT2D eigenvalue weighted by Crippen LogP contribution is 2.36. The maximum absolute atomic E-state index is 13.1. The molecule has 0 amide bonds. The number of ether oxygens (including phenoxy) is 7. The van der Waals surface area contributed by atoms with E-state index in [2.05, 4.69) is 0 Å². The largest absolute Gasteiger partial charge is 0.468 e. The van der Waals surface area contributed by atoms with Crippen LogP contribution in [0.4, 0.5) is 0 Å². The lowest BCUT2D eigenvalue weighted by Gasteiger charge is -2.42. The maximum atomic E-state index is 13.1. The Labute approximate surface area is 280 Å². The average Bonchev–Trinajstić information content (AvgIpc) is 3.10. The van der Waals surface area contributed by atoms with Gasteiger partial charge in [-0.25, -0.2) is 9.59 Å². The molecule has 3 heterocycles. The first-order chi connectivity index (χ1) is 23.4. The average molecular weight is 697 g/mol. The predicted molar refractivity (Wildman–Crippen MR) is 161 cm³/mol. The Morgan fingerprint density at radius 1 is 0.857 bits per heavy atom. The van der Waals surface area contributed by atoms with Crippen molar-refractivity contribution >= 4 is 24.0 Å². The summed E-state index contributed by atoms with van der Waals surface area (Å²) >= 11 is 0. The number of hydrogen-bond donors (Lipinski definition) is 7. The van der Waals surface area contributed by atoms with Gasteiger partial charge in [-0.1, -0.05) is 36.4 Å². The molecule has 1 aromatic carbocycles. The minimum Gasteiger partial charge on any atom is -0.468 e. The molecule has 3 aliphatic heterocycles. The molecule has 49 heavy (non-hydrogen) atoms. The predicted octanol–water partition coefficient (Wildman–Crippen LogP) is -2.22. The summed E-state index contributed by atoms with van der Waals surface area (Å²) in [7, 11) is 1.10. The summed E-state index contributed by atoms with van der Waals surface area (Å²) in [6.07, 6.45) is -13.6. The van der Waals surface area contributed by atoms with E-state index < -0.39 is 111 Å². The van der Waals surface area contributed by atoms with Crippen molar-refractivity contribution in [2.24, 2.45) is 5.92 Å². The van der Waals surface area contributed by atoms with Gasteiger partial charge in [-0.05, 0) is 18.6 Å². The fraction of sp³-hybridized carbons (Fsp3) is 0.531. The number of esters is 3. The van der Waals surface area contributed by atoms with E-state index in [1.807, 2.05) is 0 Å². The maximum Gasteiger partial charge on any atom is 0.337 e. The standard InChI is InChI=1S/C32H40O17/c1-3-16-17(18(29(42)43-2)13-45-30(16)49-32-28(41)25(38)23(36)19(12-33)46-32)11-22(35)44-14-20-24(37)26(39)27(40)31(47-20)48-21(34)10-9-15-7-5-4-6-8-15/h3-10,13,17,19-20,23-28,30-33,36-41H,11-12,14H2,1-2H3/b10-9-,16-3+/t17-,19+,20+,23+,24+,25-,26-,27+,28+,30+,31-,32-/m1/s1. The van der Waals surface area contributed by atoms with Crippen molar-refractivity contribution in [2.75, 3.05) is 20.3 Å². The van der Waals surface area contributed by atoms with Crippen LogP contribution >= 0.6 is 0 Å². The molecule has 270 valence electrons. The minimum absolute atomic E-state index is 0.121. The Morgan fingerprint density at radius 2 is 1.49 bits per heavy atom. The van der Waals surface area contributed by atoms with Crippen LogP contribution < -0.4 is 0 Å². The zero-order valence-corrected chi connectivity index (χ0v) is 26.5. The SMILES string of the molecule is C/C=C1/[C@H](O[C@H]2O[C@@H](CO)[C@H](O)[C@@H](O)[C@@H]2O)OC=C(C(=O)OC)[C@@H]1CC(=O)OC[C@@H]1O[C@H](OC(=O)/C=C\c2ccccc2)[C@@H](O)[C@H](O)[C@H]1O. The molecule has 17 heteroatoms. The molecule has 3 aliphatic rings. The third kappa shape index (κ3) is 9.08. The summed E-state index contributed by atoms with van der Waals surface area (Å²) < 4.78 is 37.3. The molecule has 0 unspecified atom stereocenters. The summed E-state index contributed by atoms with van der Waals surface area (Å²) in [5.41, 5.74) is 0.733. The summed E-state index contributed by atoms with van der Waals surface area (Å²) in [5.74, 6) is -3.82. The van der Waals surface area contributed by atoms with Crippen LogP contribution in [0.3, 0.4) is 0 Å². The van der Waals surface area contributed by atoms with Crippen LogP contribution in [0.1, 0.15) is 18.9 Å². The van der Waals surface area contributed by atoms with Gasteiger partial charge in [-0.3, -0.25) is 4.79 Å². The second kappa shape index (κ2) is 17.3. The van der Waals surface area contributed by atoms with Crippen molar-refractivity contribution in [3.63, 3.8) is 0 Å². The van der Waals surface area contributed by atoms with Crippen LogP contribution in [0.25, 0.3) is 6.08 Å². The number of aliphatic hydroxyl groups excluding tert-OH is 7. The third-order valence-electron chi connectivity index (χ3n) is 8.12. The van der Waals surface area contributed by atoms with Gasteiger partial charge in [-0.15, -0.1) is 0 Å². The second-order valence-corrected chi connectivity index (χ2v) is 11.3. The van der Waals surface area contributed by atoms with Gasteiger partial charge in [0.1, 0.15) is 55.4 Å². The van der Waals surface area contributed by atoms with Gasteiger partial charge >= 0.3 is 17.9 Å². The second-order valence-electron chi connectivity index (χ2n) is 11.3. The monoisotopic (exact) mass is 696 g/mol. The van der Waals surface area contributed by atoms with E-state index in [-0.39, 0.29) is 11.1 Å². The van der Waals surface area contributed by atoms with E-state index in [9.17, 15) is 50.1 Å². The number of hydrogen-bond acceptors (Lipinski definition) is 17. The van der Waals surface area contributed by atoms with Crippen LogP contribution in [0, 0.1) is 5.92 Å². The fourth-order valence-corrected chi connectivity index (χ4v) is 5.36. The van der Waals surface area contributed by atoms with Crippen LogP contribution in [-0.4, -0.2) is 142 Å². The Hall–Kier alpha value is -3.75. The van der Waals surface area contributed by atoms with Crippen molar-refractivity contribution in [1.29, 1.82) is 0 Å². The lowest BCUT2D eigenvalue weighted by Crippen LogP contribution is -2.60. The van der Waals surface area contributed by atoms with E-state index >= 15 is 0 Å². The first-order valence-electron chi connectivity index (χ1n) is 15.2. The molecule has 4 rings (SSSR count). The molecule has 0 spiro atoms. The van der Waals surface area contributed by atoms with Gasteiger partial charge in [-0.2, -0.15) is 0 Å². The molecular weight excluding hydrogens is 656 g/mol. The van der Waals surface area contributed by atoms with Gasteiger partial charge in [0.25, 0.3) is 0 Å². The number of allylic oxidation sites excluding steroid dienone is 1. The van der Waals surface area contributed by atoms with E-state index in [1.165, 1.54) is 19.1 Å². The number of carbonyl (C=O) groups excluding carboxylic acids is 3. The normalized spacial score (nSPS) is 35.7. The van der Waals surface area contributed by atoms with E-state index in [0.29, 0.717) is 5.56 Å². The highest BCUT2D eigenvalue weighted by molar-refractivity contribution is 5.90. The van der Waals surface area contributed by atoms with Gasteiger partial charge in [0, 0.05) is 17.6 Å². The van der Waals surface area contributed by atoms with Gasteiger partial charge in [0.15, 0.2) is 6.29 Å². The van der Waals surface area contributed by atoms with Gasteiger partial charge < -0.3 is 68.9 Å². The Morgan fingerprint density at radius 3 is 2.12 bits per heavy atom. The van der Waals surface area contributed by atoms with Crippen LogP contribution in [0.5, 0.6) is 0 Å². The molecule has 0 aliphatic carbocycles. The first kappa shape index (κ1) is 38.1. The van der Waals surface area contributed by atoms with Gasteiger partial charge in [0.05, 0.1) is 32.0 Å². The quantitative estimate of drug-likeness (QED) is 0.0559. The summed E-state index contributed by atoms with van der Waals surface area (Å²) in [6.45, 7) is 0.155. The molecule has 2 fully saturated rings. The molecule has 17 nitrogen and oxygen atoms in total. The van der Waals surface area contributed by atoms with E-state index in [0.717, 1.165) is 19.4 Å². The Balaban J connectivity index is 1.41. The van der Waals surface area contributed by atoms with Crippen LogP contribution in [0.15, 0.2) is 59.9 Å². The molecule has 0 radical (unpaired) electrons. The van der Waals surface area contributed by atoms with Crippen LogP contribution in [0.2, 0.25) is 0 Å². The Kier molecular flexibility index (Phi) is 13.4. The number of carbonyl (C=O) groups is 3. The van der Waals surface area contributed by atoms with E-state index in [1.54, 1.807) is 30.3 Å². The lowest BCUT2D eigenvalue weighted by atomic mass is 9.86. The van der Waals surface area contributed by atoms with Crippen molar-refractivity contribution in [3.05, 3.63) is 65.5 Å². The molecule has 7 N–H and O–H groups in total. The van der Waals surface area contributed by atoms with Crippen molar-refractivity contribution < 1.29 is 83.3 Å². The molecular formula is C32H40O17. The topological polar surface area (TPSA) is 257 Å². The van der Waals surface area contributed by atoms with Crippen LogP contribution in [-0.2, 0) is 47.5 Å². The number of rotatable bonds is 11. The molecule has 0 saturated carbocycles. The molecule has 0 aromatic heterocycles. The van der Waals surface area contributed by atoms with Crippen molar-refractivity contribution in [3.8, 4) is 0 Å². The smallest absolute Gasteiger partial charge is 0.337 e. The summed E-state index contributed by atoms with van der Waals surface area (Å²) in [6, 6.07) is 8.77. The molecule has 12 atom stereocenters. The number of aliphatic hydroxyl groups is 7. The zero-order valence-electron chi connectivity index (χ0n) is 26.5. The minimum atomic E-state index is -1.84. The first-order valence-corrected chi connectivity index (χ1v) is 15.2. The number of benzene rings is 1. The zero-order chi connectivity index (χ0) is 35.8. The summed E-state index contributed by atoms with van der Waals surface area (Å²) in [4.78, 5) is 38.1. The van der Waals surface area contributed by atoms with Crippen molar-refractivity contribution in [2.45, 2.75) is 81.0 Å². The fourth-order valence-electron chi connectivity index (χ4n) is 5.36. The summed E-state index contributed by atoms with van der Waals surface area (Å²) in [5, 5.41) is 71.3. The lowest BCUT2D eigenvalue weighted by molar-refractivity contribution is -0.327. The third-order valence-corrected chi connectivity index (χ3v) is 8.12. The highest BCUT2D eigenvalue weighted by Gasteiger charge is 2.48. The van der Waals surface area contributed by atoms with Gasteiger partial charge in [0.2, 0.25) is 12.6 Å². The van der Waals surface area contributed by atoms with E-state index in [4.69, 9.17) is 33.2 Å². The Bertz CT molecular complexity index is 1380. The highest BCUT2D eigenvalue weighted by atomic mass is 16.8. The molecule has 2 saturated heterocycles. The molecule has 1 aromatic rings.